The Morgan fingerprint density at radius 1 is 1.03 bits per heavy atom. The predicted molar refractivity (Wildman–Crippen MR) is 124 cm³/mol. The minimum Gasteiger partial charge on any atom is -0.489 e. The van der Waals surface area contributed by atoms with Gasteiger partial charge in [0.25, 0.3) is 0 Å². The van der Waals surface area contributed by atoms with Crippen LogP contribution in [0.4, 0.5) is 5.69 Å². The van der Waals surface area contributed by atoms with Gasteiger partial charge < -0.3 is 20.1 Å². The second-order valence-electron chi connectivity index (χ2n) is 7.24. The van der Waals surface area contributed by atoms with E-state index in [1.54, 1.807) is 11.8 Å². The minimum absolute atomic E-state index is 0.0856. The molecule has 0 aliphatic carbocycles. The molecule has 3 aromatic rings. The van der Waals surface area contributed by atoms with E-state index in [0.717, 1.165) is 51.4 Å². The number of aliphatic hydroxyl groups excluding tert-OH is 1. The third-order valence-electron chi connectivity index (χ3n) is 5.03. The molecule has 3 aromatic carbocycles. The second-order valence-corrected chi connectivity index (χ2v) is 8.80. The van der Waals surface area contributed by atoms with Crippen molar-refractivity contribution < 1.29 is 9.84 Å². The minimum atomic E-state index is 0.0856. The zero-order valence-electron chi connectivity index (χ0n) is 16.6. The summed E-state index contributed by atoms with van der Waals surface area (Å²) in [7, 11) is 0. The van der Waals surface area contributed by atoms with Crippen LogP contribution in [0.2, 0.25) is 5.02 Å². The van der Waals surface area contributed by atoms with Gasteiger partial charge in [0, 0.05) is 35.5 Å². The van der Waals surface area contributed by atoms with Crippen LogP contribution in [0.25, 0.3) is 0 Å². The fourth-order valence-corrected chi connectivity index (χ4v) is 4.75. The molecule has 0 aromatic heterocycles. The van der Waals surface area contributed by atoms with Crippen molar-refractivity contribution in [2.75, 3.05) is 31.1 Å². The Balaban J connectivity index is 1.41. The quantitative estimate of drug-likeness (QED) is 0.550. The van der Waals surface area contributed by atoms with Crippen molar-refractivity contribution in [2.24, 2.45) is 0 Å². The van der Waals surface area contributed by atoms with Gasteiger partial charge in [0.15, 0.2) is 0 Å². The molecule has 1 aliphatic rings. The molecule has 0 amide bonds. The summed E-state index contributed by atoms with van der Waals surface area (Å²) in [6.07, 6.45) is 0. The van der Waals surface area contributed by atoms with E-state index in [2.05, 4.69) is 46.6 Å². The Bertz CT molecular complexity index is 970. The fraction of sp³-hybridized carbons (Fsp3) is 0.250. The van der Waals surface area contributed by atoms with Gasteiger partial charge in [-0.3, -0.25) is 0 Å². The van der Waals surface area contributed by atoms with Crippen LogP contribution < -0.4 is 15.0 Å². The lowest BCUT2D eigenvalue weighted by Gasteiger charge is -2.35. The van der Waals surface area contributed by atoms with Gasteiger partial charge in [0.1, 0.15) is 12.4 Å². The van der Waals surface area contributed by atoms with Crippen molar-refractivity contribution in [2.45, 2.75) is 22.4 Å². The van der Waals surface area contributed by atoms with Crippen LogP contribution in [-0.2, 0) is 6.61 Å². The van der Waals surface area contributed by atoms with Crippen LogP contribution >= 0.6 is 23.4 Å². The Morgan fingerprint density at radius 2 is 1.87 bits per heavy atom. The fourth-order valence-electron chi connectivity index (χ4n) is 3.48. The largest absolute Gasteiger partial charge is 0.489 e. The number of hydrogen-bond donors (Lipinski definition) is 2. The van der Waals surface area contributed by atoms with Crippen molar-refractivity contribution in [3.63, 3.8) is 0 Å². The highest BCUT2D eigenvalue weighted by atomic mass is 35.5. The van der Waals surface area contributed by atoms with Crippen LogP contribution in [0.3, 0.4) is 0 Å². The molecule has 30 heavy (non-hydrogen) atoms. The Morgan fingerprint density at radius 3 is 2.67 bits per heavy atom. The predicted octanol–water partition coefficient (Wildman–Crippen LogP) is 4.84. The van der Waals surface area contributed by atoms with E-state index in [1.807, 2.05) is 36.4 Å². The summed E-state index contributed by atoms with van der Waals surface area (Å²) in [6.45, 7) is 3.15. The van der Waals surface area contributed by atoms with Crippen LogP contribution in [0.1, 0.15) is 5.56 Å². The van der Waals surface area contributed by atoms with E-state index in [-0.39, 0.29) is 12.6 Å². The van der Waals surface area contributed by atoms with Crippen LogP contribution in [-0.4, -0.2) is 37.4 Å². The summed E-state index contributed by atoms with van der Waals surface area (Å²) in [5, 5.41) is 13.5. The maximum Gasteiger partial charge on any atom is 0.120 e. The Labute approximate surface area is 186 Å². The number of ether oxygens (including phenoxy) is 1. The van der Waals surface area contributed by atoms with E-state index in [0.29, 0.717) is 6.61 Å². The molecule has 1 saturated heterocycles. The maximum atomic E-state index is 9.42. The molecule has 0 saturated carbocycles. The first kappa shape index (κ1) is 21.1. The van der Waals surface area contributed by atoms with Crippen molar-refractivity contribution in [1.82, 2.24) is 5.32 Å². The molecule has 2 N–H and O–H groups in total. The number of hydrogen-bond acceptors (Lipinski definition) is 5. The monoisotopic (exact) mass is 440 g/mol. The number of halogens is 1. The Kier molecular flexibility index (Phi) is 7.18. The number of nitrogens with zero attached hydrogens (tertiary/aromatic N) is 1. The number of anilines is 1. The summed E-state index contributed by atoms with van der Waals surface area (Å²) < 4.78 is 5.94. The smallest absolute Gasteiger partial charge is 0.120 e. The Hall–Kier alpha value is -2.18. The summed E-state index contributed by atoms with van der Waals surface area (Å²) in [4.78, 5) is 4.41. The molecule has 4 nitrogen and oxygen atoms in total. The normalized spacial score (nSPS) is 16.5. The number of nitrogens with one attached hydrogen (secondary N) is 1. The van der Waals surface area contributed by atoms with Gasteiger partial charge in [-0.2, -0.15) is 0 Å². The first-order valence-electron chi connectivity index (χ1n) is 10.0. The SMILES string of the molecule is OCC1CN(c2ccc(Sc3cccc(OCc4ccccc4)c3)cc2Cl)CCN1. The number of benzene rings is 3. The highest BCUT2D eigenvalue weighted by molar-refractivity contribution is 7.99. The van der Waals surface area contributed by atoms with Gasteiger partial charge in [-0.05, 0) is 42.0 Å². The standard InChI is InChI=1S/C24H25ClN2O2S/c25-23-14-22(9-10-24(23)27-12-11-26-19(15-27)16-28)30-21-8-4-7-20(13-21)29-17-18-5-2-1-3-6-18/h1-10,13-14,19,26,28H,11-12,15-17H2. The summed E-state index contributed by atoms with van der Waals surface area (Å²) in [5.41, 5.74) is 2.16. The second kappa shape index (κ2) is 10.2. The molecule has 4 rings (SSSR count). The van der Waals surface area contributed by atoms with Crippen molar-refractivity contribution in [3.8, 4) is 5.75 Å². The molecule has 0 bridgehead atoms. The van der Waals surface area contributed by atoms with Crippen molar-refractivity contribution in [3.05, 3.63) is 83.4 Å². The molecular weight excluding hydrogens is 416 g/mol. The zero-order chi connectivity index (χ0) is 20.8. The van der Waals surface area contributed by atoms with E-state index < -0.39 is 0 Å². The van der Waals surface area contributed by atoms with E-state index >= 15 is 0 Å². The van der Waals surface area contributed by atoms with Crippen LogP contribution in [0.15, 0.2) is 82.6 Å². The average Bonchev–Trinajstić information content (AvgIpc) is 2.79. The van der Waals surface area contributed by atoms with E-state index in [9.17, 15) is 5.11 Å². The van der Waals surface area contributed by atoms with Crippen molar-refractivity contribution in [1.29, 1.82) is 0 Å². The van der Waals surface area contributed by atoms with Gasteiger partial charge in [-0.1, -0.05) is 59.8 Å². The molecular formula is C24H25ClN2O2S. The lowest BCUT2D eigenvalue weighted by atomic mass is 10.2. The van der Waals surface area contributed by atoms with Crippen molar-refractivity contribution >= 4 is 29.1 Å². The number of rotatable bonds is 7. The topological polar surface area (TPSA) is 44.7 Å². The highest BCUT2D eigenvalue weighted by Gasteiger charge is 2.20. The molecule has 0 radical (unpaired) electrons. The highest BCUT2D eigenvalue weighted by Crippen LogP contribution is 2.35. The van der Waals surface area contributed by atoms with E-state index in [4.69, 9.17) is 16.3 Å². The molecule has 0 spiro atoms. The third-order valence-corrected chi connectivity index (χ3v) is 6.31. The lowest BCUT2D eigenvalue weighted by Crippen LogP contribution is -2.52. The zero-order valence-corrected chi connectivity index (χ0v) is 18.2. The molecule has 1 atom stereocenters. The van der Waals surface area contributed by atoms with Crippen LogP contribution in [0, 0.1) is 0 Å². The third kappa shape index (κ3) is 5.49. The maximum absolute atomic E-state index is 9.42. The summed E-state index contributed by atoms with van der Waals surface area (Å²) >= 11 is 8.27. The molecule has 1 unspecified atom stereocenters. The van der Waals surface area contributed by atoms with Gasteiger partial charge in [0.05, 0.1) is 17.3 Å². The van der Waals surface area contributed by atoms with Gasteiger partial charge >= 0.3 is 0 Å². The van der Waals surface area contributed by atoms with Gasteiger partial charge in [0.2, 0.25) is 0 Å². The molecule has 6 heteroatoms. The van der Waals surface area contributed by atoms with Gasteiger partial charge in [-0.15, -0.1) is 0 Å². The first-order valence-corrected chi connectivity index (χ1v) is 11.2. The first-order chi connectivity index (χ1) is 14.7. The molecule has 1 fully saturated rings. The molecule has 156 valence electrons. The van der Waals surface area contributed by atoms with Crippen LogP contribution in [0.5, 0.6) is 5.75 Å². The van der Waals surface area contributed by atoms with E-state index in [1.165, 1.54) is 0 Å². The summed E-state index contributed by atoms with van der Waals surface area (Å²) in [5.74, 6) is 0.849. The van der Waals surface area contributed by atoms with Gasteiger partial charge in [-0.25, -0.2) is 0 Å². The average molecular weight is 441 g/mol. The molecule has 1 heterocycles. The number of aliphatic hydroxyl groups is 1. The summed E-state index contributed by atoms with van der Waals surface area (Å²) in [6, 6.07) is 24.5. The lowest BCUT2D eigenvalue weighted by molar-refractivity contribution is 0.235. The molecule has 1 aliphatic heterocycles. The number of piperazine rings is 1.